The fourth-order valence-corrected chi connectivity index (χ4v) is 1.86. The van der Waals surface area contributed by atoms with Crippen LogP contribution in [0.15, 0.2) is 12.2 Å². The van der Waals surface area contributed by atoms with E-state index in [1.807, 2.05) is 0 Å². The maximum Gasteiger partial charge on any atom is 0.0682 e. The molecule has 13 heavy (non-hydrogen) atoms. The Morgan fingerprint density at radius 3 is 2.62 bits per heavy atom. The molecule has 0 N–H and O–H groups in total. The fourth-order valence-electron chi connectivity index (χ4n) is 1.77. The third kappa shape index (κ3) is 4.72. The van der Waals surface area contributed by atoms with E-state index in [-0.39, 0.29) is 0 Å². The number of hydrogen-bond donors (Lipinski definition) is 1. The minimum atomic E-state index is 0.694. The molecule has 1 aliphatic carbocycles. The highest BCUT2D eigenvalue weighted by atomic mass is 32.1. The maximum atomic E-state index is 5.58. The maximum absolute atomic E-state index is 5.58. The van der Waals surface area contributed by atoms with Gasteiger partial charge in [-0.25, -0.2) is 0 Å². The highest BCUT2D eigenvalue weighted by Gasteiger charge is 2.12. The van der Waals surface area contributed by atoms with Crippen LogP contribution in [0.5, 0.6) is 0 Å². The minimum absolute atomic E-state index is 0.694. The molecule has 1 fully saturated rings. The Balaban J connectivity index is 2.01. The van der Waals surface area contributed by atoms with Gasteiger partial charge < -0.3 is 4.74 Å². The topological polar surface area (TPSA) is 9.23 Å². The van der Waals surface area contributed by atoms with Crippen molar-refractivity contribution in [3.05, 3.63) is 12.2 Å². The Bertz CT molecular complexity index is 150. The predicted octanol–water partition coefficient (Wildman–Crippen LogP) is 3.07. The summed E-state index contributed by atoms with van der Waals surface area (Å²) in [5.74, 6) is 1.55. The molecule has 0 saturated heterocycles. The molecule has 2 heteroatoms. The van der Waals surface area contributed by atoms with Crippen molar-refractivity contribution >= 4 is 12.6 Å². The summed E-state index contributed by atoms with van der Waals surface area (Å²) < 4.78 is 5.58. The largest absolute Gasteiger partial charge is 0.377 e. The summed E-state index contributed by atoms with van der Waals surface area (Å²) in [4.78, 5) is 0. The van der Waals surface area contributed by atoms with Gasteiger partial charge in [0.15, 0.2) is 0 Å². The summed E-state index contributed by atoms with van der Waals surface area (Å²) in [5, 5.41) is 0. The van der Waals surface area contributed by atoms with Gasteiger partial charge in [-0.1, -0.05) is 25.8 Å². The molecule has 0 spiro atoms. The van der Waals surface area contributed by atoms with Gasteiger partial charge in [-0.05, 0) is 24.3 Å². The van der Waals surface area contributed by atoms with Gasteiger partial charge in [0.25, 0.3) is 0 Å². The quantitative estimate of drug-likeness (QED) is 0.530. The monoisotopic (exact) mass is 200 g/mol. The molecule has 0 aromatic rings. The van der Waals surface area contributed by atoms with E-state index in [0.717, 1.165) is 23.9 Å². The van der Waals surface area contributed by atoms with E-state index >= 15 is 0 Å². The second-order valence-electron chi connectivity index (χ2n) is 3.93. The molecule has 1 rings (SSSR count). The first-order chi connectivity index (χ1) is 6.33. The second-order valence-corrected chi connectivity index (χ2v) is 4.24. The van der Waals surface area contributed by atoms with Gasteiger partial charge in [-0.2, -0.15) is 12.6 Å². The predicted molar refractivity (Wildman–Crippen MR) is 60.4 cm³/mol. The van der Waals surface area contributed by atoms with Crippen molar-refractivity contribution in [3.8, 4) is 0 Å². The molecular weight excluding hydrogens is 180 g/mol. The Kier molecular flexibility index (Phi) is 5.56. The van der Waals surface area contributed by atoms with E-state index < -0.39 is 0 Å². The van der Waals surface area contributed by atoms with Crippen molar-refractivity contribution < 1.29 is 4.74 Å². The van der Waals surface area contributed by atoms with Crippen molar-refractivity contribution in [1.29, 1.82) is 0 Å². The molecule has 0 bridgehead atoms. The Hall–Kier alpha value is 0.0500. The Morgan fingerprint density at radius 1 is 1.31 bits per heavy atom. The highest BCUT2D eigenvalue weighted by molar-refractivity contribution is 7.80. The molecule has 0 atom stereocenters. The van der Waals surface area contributed by atoms with E-state index in [2.05, 4.69) is 19.2 Å². The summed E-state index contributed by atoms with van der Waals surface area (Å²) in [6.07, 6.45) is 6.91. The lowest BCUT2D eigenvalue weighted by Crippen LogP contribution is -2.14. The number of thiol groups is 1. The summed E-state index contributed by atoms with van der Waals surface area (Å²) in [6, 6.07) is 0. The Labute approximate surface area is 87.0 Å². The van der Waals surface area contributed by atoms with Crippen molar-refractivity contribution in [2.24, 2.45) is 5.92 Å². The van der Waals surface area contributed by atoms with Crippen molar-refractivity contribution in [1.82, 2.24) is 0 Å². The normalized spacial score (nSPS) is 18.8. The lowest BCUT2D eigenvalue weighted by Gasteiger charge is -2.21. The van der Waals surface area contributed by atoms with Crippen LogP contribution in [0.1, 0.15) is 32.1 Å². The average Bonchev–Trinajstić information content (AvgIpc) is 2.19. The first-order valence-corrected chi connectivity index (χ1v) is 5.81. The van der Waals surface area contributed by atoms with Crippen LogP contribution in [0.25, 0.3) is 0 Å². The van der Waals surface area contributed by atoms with Crippen molar-refractivity contribution in [2.45, 2.75) is 32.1 Å². The third-order valence-electron chi connectivity index (χ3n) is 2.61. The van der Waals surface area contributed by atoms with Crippen LogP contribution in [0.4, 0.5) is 0 Å². The minimum Gasteiger partial charge on any atom is -0.377 e. The molecule has 0 aliphatic heterocycles. The summed E-state index contributed by atoms with van der Waals surface area (Å²) in [5.41, 5.74) is 1.08. The second kappa shape index (κ2) is 6.50. The smallest absolute Gasteiger partial charge is 0.0682 e. The zero-order valence-electron chi connectivity index (χ0n) is 8.30. The van der Waals surface area contributed by atoms with Gasteiger partial charge >= 0.3 is 0 Å². The van der Waals surface area contributed by atoms with Gasteiger partial charge in [-0.15, -0.1) is 0 Å². The molecule has 0 heterocycles. The summed E-state index contributed by atoms with van der Waals surface area (Å²) in [6.45, 7) is 5.47. The van der Waals surface area contributed by atoms with E-state index in [0.29, 0.717) is 6.61 Å². The molecule has 0 aromatic heterocycles. The van der Waals surface area contributed by atoms with E-state index in [4.69, 9.17) is 4.74 Å². The fraction of sp³-hybridized carbons (Fsp3) is 0.818. The van der Waals surface area contributed by atoms with Crippen molar-refractivity contribution in [3.63, 3.8) is 0 Å². The molecule has 0 radical (unpaired) electrons. The molecule has 1 saturated carbocycles. The number of rotatable bonds is 5. The van der Waals surface area contributed by atoms with Gasteiger partial charge in [-0.3, -0.25) is 0 Å². The highest BCUT2D eigenvalue weighted by Crippen LogP contribution is 2.23. The van der Waals surface area contributed by atoms with Gasteiger partial charge in [0.05, 0.1) is 6.61 Å². The van der Waals surface area contributed by atoms with E-state index in [1.165, 1.54) is 32.1 Å². The zero-order chi connectivity index (χ0) is 9.52. The lowest BCUT2D eigenvalue weighted by molar-refractivity contribution is 0.102. The van der Waals surface area contributed by atoms with Gasteiger partial charge in [0.1, 0.15) is 0 Å². The van der Waals surface area contributed by atoms with Gasteiger partial charge in [0, 0.05) is 12.4 Å². The van der Waals surface area contributed by atoms with Crippen LogP contribution < -0.4 is 0 Å². The number of ether oxygens (including phenoxy) is 1. The number of hydrogen-bond acceptors (Lipinski definition) is 2. The molecule has 0 amide bonds. The molecule has 1 nitrogen and oxygen atoms in total. The zero-order valence-corrected chi connectivity index (χ0v) is 9.19. The van der Waals surface area contributed by atoms with Crippen LogP contribution in [-0.2, 0) is 4.74 Å². The van der Waals surface area contributed by atoms with Crippen LogP contribution in [0.3, 0.4) is 0 Å². The molecular formula is C11H20OS. The average molecular weight is 200 g/mol. The standard InChI is InChI=1S/C11H20OS/c1-10(9-13)7-12-8-11-5-3-2-4-6-11/h11,13H,1-9H2. The molecule has 0 unspecified atom stereocenters. The van der Waals surface area contributed by atoms with Crippen LogP contribution in [0, 0.1) is 5.92 Å². The van der Waals surface area contributed by atoms with Crippen LogP contribution >= 0.6 is 12.6 Å². The van der Waals surface area contributed by atoms with E-state index in [9.17, 15) is 0 Å². The Morgan fingerprint density at radius 2 is 2.00 bits per heavy atom. The first-order valence-electron chi connectivity index (χ1n) is 5.18. The SMILES string of the molecule is C=C(CS)COCC1CCCCC1. The molecule has 0 aromatic carbocycles. The summed E-state index contributed by atoms with van der Waals surface area (Å²) >= 11 is 4.14. The van der Waals surface area contributed by atoms with Gasteiger partial charge in [0.2, 0.25) is 0 Å². The molecule has 1 aliphatic rings. The first kappa shape index (κ1) is 11.1. The third-order valence-corrected chi connectivity index (χ3v) is 3.06. The lowest BCUT2D eigenvalue weighted by atomic mass is 9.90. The summed E-state index contributed by atoms with van der Waals surface area (Å²) in [7, 11) is 0. The van der Waals surface area contributed by atoms with Crippen LogP contribution in [-0.4, -0.2) is 19.0 Å². The van der Waals surface area contributed by atoms with E-state index in [1.54, 1.807) is 0 Å². The van der Waals surface area contributed by atoms with Crippen molar-refractivity contribution in [2.75, 3.05) is 19.0 Å². The van der Waals surface area contributed by atoms with Crippen LogP contribution in [0.2, 0.25) is 0 Å². The molecule has 76 valence electrons.